The van der Waals surface area contributed by atoms with E-state index in [1.807, 2.05) is 6.07 Å². The number of benzene rings is 2. The fourth-order valence-corrected chi connectivity index (χ4v) is 2.33. The number of carboxylic acid groups (broad SMARTS) is 1. The molecule has 0 fully saturated rings. The monoisotopic (exact) mass is 306 g/mol. The van der Waals surface area contributed by atoms with Crippen LogP contribution in [0.15, 0.2) is 59.2 Å². The molecule has 0 unspecified atom stereocenters. The summed E-state index contributed by atoms with van der Waals surface area (Å²) < 4.78 is 5.38. The summed E-state index contributed by atoms with van der Waals surface area (Å²) in [6, 6.07) is 13.9. The van der Waals surface area contributed by atoms with Gasteiger partial charge in [-0.05, 0) is 23.8 Å². The molecular weight excluding hydrogens is 292 g/mol. The zero-order valence-corrected chi connectivity index (χ0v) is 13.2. The van der Waals surface area contributed by atoms with E-state index in [9.17, 15) is 9.59 Å². The van der Waals surface area contributed by atoms with E-state index in [0.717, 1.165) is 5.39 Å². The van der Waals surface area contributed by atoms with E-state index in [1.54, 1.807) is 42.5 Å². The Kier molecular flexibility index (Phi) is 5.00. The van der Waals surface area contributed by atoms with Crippen molar-refractivity contribution in [3.8, 4) is 0 Å². The van der Waals surface area contributed by atoms with Crippen molar-refractivity contribution in [2.24, 2.45) is 0 Å². The first kappa shape index (κ1) is 16.3. The first-order valence-electron chi connectivity index (χ1n) is 6.47. The number of aliphatic carboxylic acids is 1. The molecule has 0 aliphatic carbocycles. The SMILES string of the molecule is O=C(O)Cc1cc(C(=O)c2ccccc2)c2occc2c1.[H-].[H-].[Mg+2]. The number of fused-ring (bicyclic) bond motifs is 1. The Morgan fingerprint density at radius 1 is 1.09 bits per heavy atom. The Hall–Kier alpha value is -2.11. The summed E-state index contributed by atoms with van der Waals surface area (Å²) in [6.07, 6.45) is 1.37. The second kappa shape index (κ2) is 6.76. The first-order chi connectivity index (χ1) is 10.1. The quantitative estimate of drug-likeness (QED) is 0.594. The fourth-order valence-electron chi connectivity index (χ4n) is 2.33. The average molecular weight is 307 g/mol. The fraction of sp³-hybridized carbons (Fsp3) is 0.0588. The third-order valence-corrected chi connectivity index (χ3v) is 3.25. The summed E-state index contributed by atoms with van der Waals surface area (Å²) in [4.78, 5) is 23.5. The van der Waals surface area contributed by atoms with Gasteiger partial charge in [-0.3, -0.25) is 9.59 Å². The molecule has 0 atom stereocenters. The molecule has 0 saturated heterocycles. The van der Waals surface area contributed by atoms with Crippen molar-refractivity contribution < 1.29 is 22.0 Å². The zero-order valence-electron chi connectivity index (χ0n) is 13.8. The van der Waals surface area contributed by atoms with Crippen LogP contribution in [0.5, 0.6) is 0 Å². The molecule has 1 N–H and O–H groups in total. The van der Waals surface area contributed by atoms with Gasteiger partial charge in [0.05, 0.1) is 18.2 Å². The average Bonchev–Trinajstić information content (AvgIpc) is 2.94. The number of rotatable bonds is 4. The Labute approximate surface area is 145 Å². The Bertz CT molecular complexity index is 831. The molecule has 1 aromatic heterocycles. The van der Waals surface area contributed by atoms with Crippen LogP contribution < -0.4 is 0 Å². The first-order valence-corrected chi connectivity index (χ1v) is 6.47. The molecular formula is C17H14MgO4. The van der Waals surface area contributed by atoms with E-state index in [-0.39, 0.29) is 38.1 Å². The van der Waals surface area contributed by atoms with Crippen LogP contribution in [-0.2, 0) is 11.2 Å². The molecule has 3 rings (SSSR count). The number of carbonyl (C=O) groups is 2. The Morgan fingerprint density at radius 2 is 1.82 bits per heavy atom. The van der Waals surface area contributed by atoms with Crippen LogP contribution in [0.4, 0.5) is 0 Å². The van der Waals surface area contributed by atoms with E-state index in [1.165, 1.54) is 6.26 Å². The molecule has 22 heavy (non-hydrogen) atoms. The number of furan rings is 1. The van der Waals surface area contributed by atoms with E-state index < -0.39 is 5.97 Å². The van der Waals surface area contributed by atoms with Crippen molar-refractivity contribution in [1.82, 2.24) is 0 Å². The van der Waals surface area contributed by atoms with Crippen molar-refractivity contribution in [1.29, 1.82) is 0 Å². The van der Waals surface area contributed by atoms with Crippen LogP contribution >= 0.6 is 0 Å². The topological polar surface area (TPSA) is 67.5 Å². The van der Waals surface area contributed by atoms with Gasteiger partial charge in [0, 0.05) is 10.9 Å². The normalized spacial score (nSPS) is 10.2. The molecule has 108 valence electrons. The van der Waals surface area contributed by atoms with Gasteiger partial charge in [-0.1, -0.05) is 30.3 Å². The number of hydrogen-bond donors (Lipinski definition) is 1. The summed E-state index contributed by atoms with van der Waals surface area (Å²) in [5, 5.41) is 9.66. The predicted octanol–water partition coefficient (Wildman–Crippen LogP) is 3.14. The summed E-state index contributed by atoms with van der Waals surface area (Å²) in [5.41, 5.74) is 2.00. The predicted molar refractivity (Wildman–Crippen MR) is 85.4 cm³/mol. The number of carbonyl (C=O) groups excluding carboxylic acids is 1. The van der Waals surface area contributed by atoms with Crippen molar-refractivity contribution in [3.05, 3.63) is 71.5 Å². The molecule has 0 aliphatic rings. The summed E-state index contributed by atoms with van der Waals surface area (Å²) in [7, 11) is 0. The van der Waals surface area contributed by atoms with Crippen LogP contribution in [0, 0.1) is 0 Å². The van der Waals surface area contributed by atoms with Gasteiger partial charge in [0.15, 0.2) is 5.78 Å². The maximum absolute atomic E-state index is 12.6. The van der Waals surface area contributed by atoms with Gasteiger partial charge < -0.3 is 12.4 Å². The van der Waals surface area contributed by atoms with Gasteiger partial charge in [0.2, 0.25) is 0 Å². The van der Waals surface area contributed by atoms with Gasteiger partial charge in [-0.2, -0.15) is 0 Å². The maximum atomic E-state index is 12.6. The second-order valence-electron chi connectivity index (χ2n) is 4.75. The van der Waals surface area contributed by atoms with Crippen molar-refractivity contribution in [2.45, 2.75) is 6.42 Å². The Balaban J connectivity index is 0.00000176. The molecule has 0 aliphatic heterocycles. The molecule has 5 heteroatoms. The van der Waals surface area contributed by atoms with Gasteiger partial charge in [0.25, 0.3) is 0 Å². The van der Waals surface area contributed by atoms with Crippen LogP contribution in [-0.4, -0.2) is 39.9 Å². The maximum Gasteiger partial charge on any atom is 2.00 e. The molecule has 3 aromatic rings. The van der Waals surface area contributed by atoms with Gasteiger partial charge >= 0.3 is 29.0 Å². The molecule has 2 aromatic carbocycles. The van der Waals surface area contributed by atoms with Crippen LogP contribution in [0.3, 0.4) is 0 Å². The van der Waals surface area contributed by atoms with E-state index in [0.29, 0.717) is 22.3 Å². The molecule has 0 amide bonds. The molecule has 0 saturated carbocycles. The zero-order chi connectivity index (χ0) is 14.8. The molecule has 1 heterocycles. The molecule has 4 nitrogen and oxygen atoms in total. The van der Waals surface area contributed by atoms with Crippen molar-refractivity contribution in [3.63, 3.8) is 0 Å². The van der Waals surface area contributed by atoms with Gasteiger partial charge in [-0.25, -0.2) is 0 Å². The minimum absolute atomic E-state index is 0. The third-order valence-electron chi connectivity index (χ3n) is 3.25. The summed E-state index contributed by atoms with van der Waals surface area (Å²) >= 11 is 0. The smallest absolute Gasteiger partial charge is 1.00 e. The van der Waals surface area contributed by atoms with E-state index in [4.69, 9.17) is 9.52 Å². The minimum Gasteiger partial charge on any atom is -1.00 e. The van der Waals surface area contributed by atoms with Gasteiger partial charge in [-0.15, -0.1) is 0 Å². The second-order valence-corrected chi connectivity index (χ2v) is 4.75. The van der Waals surface area contributed by atoms with Crippen molar-refractivity contribution in [2.75, 3.05) is 0 Å². The standard InChI is InChI=1S/C17H12O4.Mg.2H/c18-15(19)10-11-8-13-6-7-21-17(13)14(9-11)16(20)12-4-2-1-3-5-12;;;/h1-9H,10H2,(H,18,19);;;/q;+2;2*-1. The van der Waals surface area contributed by atoms with Crippen LogP contribution in [0.2, 0.25) is 0 Å². The minimum atomic E-state index is -0.934. The number of carboxylic acids is 1. The third kappa shape index (κ3) is 3.21. The molecule has 0 bridgehead atoms. The van der Waals surface area contributed by atoms with Crippen molar-refractivity contribution >= 4 is 45.8 Å². The van der Waals surface area contributed by atoms with E-state index in [2.05, 4.69) is 0 Å². The summed E-state index contributed by atoms with van der Waals surface area (Å²) in [5.74, 6) is -1.11. The molecule has 0 radical (unpaired) electrons. The number of hydrogen-bond acceptors (Lipinski definition) is 3. The van der Waals surface area contributed by atoms with Crippen LogP contribution in [0.25, 0.3) is 11.0 Å². The largest absolute Gasteiger partial charge is 2.00 e. The molecule has 0 spiro atoms. The summed E-state index contributed by atoms with van der Waals surface area (Å²) in [6.45, 7) is 0. The van der Waals surface area contributed by atoms with Gasteiger partial charge in [0.1, 0.15) is 5.58 Å². The Morgan fingerprint density at radius 3 is 2.50 bits per heavy atom. The van der Waals surface area contributed by atoms with E-state index >= 15 is 0 Å². The number of ketones is 1. The van der Waals surface area contributed by atoms with Crippen LogP contribution in [0.1, 0.15) is 24.3 Å².